The number of benzene rings is 2. The first kappa shape index (κ1) is 35.4. The lowest BCUT2D eigenvalue weighted by atomic mass is 10.2. The van der Waals surface area contributed by atoms with Crippen molar-refractivity contribution >= 4 is 23.8 Å². The molecule has 1 aliphatic rings. The smallest absolute Gasteiger partial charge is 0.363 e. The number of nitrogens with zero attached hydrogens (tertiary/aromatic N) is 1. The first-order chi connectivity index (χ1) is 22.0. The first-order valence-corrected chi connectivity index (χ1v) is 14.5. The number of amides is 2. The van der Waals surface area contributed by atoms with Crippen molar-refractivity contribution in [2.45, 2.75) is 12.8 Å². The molecule has 2 amide bonds. The molecule has 0 N–H and O–H groups in total. The zero-order valence-corrected chi connectivity index (χ0v) is 25.3. The van der Waals surface area contributed by atoms with Crippen LogP contribution in [0.1, 0.15) is 33.6 Å². The Balaban J connectivity index is 1.05. The minimum atomic E-state index is -0.795. The summed E-state index contributed by atoms with van der Waals surface area (Å²) in [6, 6.07) is 12.8. The highest BCUT2D eigenvalue weighted by Crippen LogP contribution is 2.17. The summed E-state index contributed by atoms with van der Waals surface area (Å²) in [5, 5.41) is 0.510. The van der Waals surface area contributed by atoms with Gasteiger partial charge in [0, 0.05) is 12.8 Å². The van der Waals surface area contributed by atoms with Gasteiger partial charge in [-0.2, -0.15) is 0 Å². The van der Waals surface area contributed by atoms with Crippen molar-refractivity contribution in [3.8, 4) is 11.5 Å². The molecule has 1 heterocycles. The lowest BCUT2D eigenvalue weighted by molar-refractivity contribution is -0.172. The van der Waals surface area contributed by atoms with Crippen molar-refractivity contribution in [2.75, 3.05) is 86.4 Å². The van der Waals surface area contributed by atoms with Crippen LogP contribution in [0.5, 0.6) is 11.5 Å². The van der Waals surface area contributed by atoms with E-state index in [0.29, 0.717) is 101 Å². The summed E-state index contributed by atoms with van der Waals surface area (Å²) < 4.78 is 43.1. The Hall–Kier alpha value is -4.08. The second-order valence-corrected chi connectivity index (χ2v) is 9.26. The highest BCUT2D eigenvalue weighted by molar-refractivity contribution is 6.02. The van der Waals surface area contributed by atoms with E-state index in [2.05, 4.69) is 4.74 Å². The van der Waals surface area contributed by atoms with Crippen LogP contribution in [0.3, 0.4) is 0 Å². The van der Waals surface area contributed by atoms with E-state index in [-0.39, 0.29) is 18.4 Å². The van der Waals surface area contributed by atoms with E-state index in [0.717, 1.165) is 0 Å². The van der Waals surface area contributed by atoms with Gasteiger partial charge < -0.3 is 42.7 Å². The number of hydroxylamine groups is 2. The molecule has 0 radical (unpaired) electrons. The van der Waals surface area contributed by atoms with Crippen LogP contribution in [0, 0.1) is 0 Å². The Kier molecular flexibility index (Phi) is 16.4. The van der Waals surface area contributed by atoms with Gasteiger partial charge in [0.2, 0.25) is 0 Å². The maximum absolute atomic E-state index is 12.1. The van der Waals surface area contributed by atoms with Crippen LogP contribution in [-0.2, 0) is 42.8 Å². The van der Waals surface area contributed by atoms with Crippen molar-refractivity contribution in [1.29, 1.82) is 0 Å². The summed E-state index contributed by atoms with van der Waals surface area (Å²) in [4.78, 5) is 51.5. The molecule has 2 aromatic carbocycles. The van der Waals surface area contributed by atoms with Gasteiger partial charge in [-0.3, -0.25) is 9.59 Å². The summed E-state index contributed by atoms with van der Waals surface area (Å²) >= 11 is 0. The minimum absolute atomic E-state index is 0.0376. The molecular formula is C31H39NO13. The second-order valence-electron chi connectivity index (χ2n) is 9.26. The molecule has 1 aliphatic heterocycles. The van der Waals surface area contributed by atoms with E-state index in [1.165, 1.54) is 19.2 Å². The molecule has 0 atom stereocenters. The zero-order valence-electron chi connectivity index (χ0n) is 25.3. The molecule has 45 heavy (non-hydrogen) atoms. The molecule has 14 heteroatoms. The van der Waals surface area contributed by atoms with Crippen LogP contribution in [0.15, 0.2) is 48.5 Å². The Bertz CT molecular complexity index is 1170. The van der Waals surface area contributed by atoms with Crippen LogP contribution in [0.2, 0.25) is 0 Å². The maximum atomic E-state index is 12.1. The number of carbonyl (C=O) groups is 4. The normalized spacial score (nSPS) is 12.8. The van der Waals surface area contributed by atoms with Gasteiger partial charge in [-0.05, 0) is 48.5 Å². The average molecular weight is 634 g/mol. The van der Waals surface area contributed by atoms with Crippen LogP contribution in [-0.4, -0.2) is 115 Å². The first-order valence-electron chi connectivity index (χ1n) is 14.5. The number of rotatable bonds is 23. The van der Waals surface area contributed by atoms with Crippen molar-refractivity contribution in [3.05, 3.63) is 59.7 Å². The molecular weight excluding hydrogens is 594 g/mol. The van der Waals surface area contributed by atoms with Crippen LogP contribution in [0.25, 0.3) is 0 Å². The standard InChI is InChI=1S/C31H39NO13/c1-37-30(35)24-2-6-26(7-3-24)43-22-20-41-18-16-39-14-12-38-13-15-40-17-19-42-21-23-44-27-8-4-25(5-9-27)31(36)45-32-28(33)10-11-29(32)34/h2-9H,10-23H2,1H3. The van der Waals surface area contributed by atoms with Gasteiger partial charge in [-0.25, -0.2) is 9.59 Å². The summed E-state index contributed by atoms with van der Waals surface area (Å²) in [7, 11) is 1.34. The lowest BCUT2D eigenvalue weighted by Gasteiger charge is -2.12. The predicted octanol–water partition coefficient (Wildman–Crippen LogP) is 2.23. The highest BCUT2D eigenvalue weighted by atomic mass is 16.7. The summed E-state index contributed by atoms with van der Waals surface area (Å²) in [5.41, 5.74) is 0.651. The van der Waals surface area contributed by atoms with E-state index in [4.69, 9.17) is 38.0 Å². The lowest BCUT2D eigenvalue weighted by Crippen LogP contribution is -2.32. The summed E-state index contributed by atoms with van der Waals surface area (Å²) in [5.74, 6) is -1.08. The number of imide groups is 1. The molecule has 0 bridgehead atoms. The zero-order chi connectivity index (χ0) is 32.1. The third-order valence-electron chi connectivity index (χ3n) is 6.03. The van der Waals surface area contributed by atoms with Gasteiger partial charge in [-0.15, -0.1) is 5.06 Å². The van der Waals surface area contributed by atoms with Gasteiger partial charge in [0.15, 0.2) is 0 Å². The van der Waals surface area contributed by atoms with Gasteiger partial charge in [0.25, 0.3) is 11.8 Å². The number of hydrogen-bond acceptors (Lipinski definition) is 13. The van der Waals surface area contributed by atoms with E-state index in [9.17, 15) is 19.2 Å². The van der Waals surface area contributed by atoms with E-state index in [1.807, 2.05) is 0 Å². The fraction of sp³-hybridized carbons (Fsp3) is 0.484. The fourth-order valence-electron chi connectivity index (χ4n) is 3.70. The quantitative estimate of drug-likeness (QED) is 0.0999. The largest absolute Gasteiger partial charge is 0.491 e. The van der Waals surface area contributed by atoms with E-state index in [1.54, 1.807) is 36.4 Å². The van der Waals surface area contributed by atoms with Gasteiger partial charge in [0.1, 0.15) is 24.7 Å². The molecule has 3 rings (SSSR count). The SMILES string of the molecule is COC(=O)c1ccc(OCCOCCOCCOCCOCCOCCOc2ccc(C(=O)ON3C(=O)CCC3=O)cc2)cc1. The molecule has 0 aromatic heterocycles. The Morgan fingerprint density at radius 1 is 0.533 bits per heavy atom. The summed E-state index contributed by atoms with van der Waals surface area (Å²) in [6.45, 7) is 4.91. The number of methoxy groups -OCH3 is 1. The maximum Gasteiger partial charge on any atom is 0.363 e. The number of carbonyl (C=O) groups excluding carboxylic acids is 4. The van der Waals surface area contributed by atoms with Crippen molar-refractivity contribution in [3.63, 3.8) is 0 Å². The van der Waals surface area contributed by atoms with Gasteiger partial charge in [-0.1, -0.05) is 0 Å². The third-order valence-corrected chi connectivity index (χ3v) is 6.03. The van der Waals surface area contributed by atoms with Crippen LogP contribution in [0.4, 0.5) is 0 Å². The Labute approximate surface area is 261 Å². The van der Waals surface area contributed by atoms with E-state index < -0.39 is 23.8 Å². The molecule has 0 spiro atoms. The summed E-state index contributed by atoms with van der Waals surface area (Å²) in [6.07, 6.45) is 0.0752. The molecule has 0 aliphatic carbocycles. The molecule has 1 saturated heterocycles. The molecule has 14 nitrogen and oxygen atoms in total. The fourth-order valence-corrected chi connectivity index (χ4v) is 3.70. The molecule has 246 valence electrons. The topological polar surface area (TPSA) is 155 Å². The van der Waals surface area contributed by atoms with E-state index >= 15 is 0 Å². The average Bonchev–Trinajstić information content (AvgIpc) is 3.38. The molecule has 0 unspecified atom stereocenters. The Morgan fingerprint density at radius 2 is 0.867 bits per heavy atom. The predicted molar refractivity (Wildman–Crippen MR) is 156 cm³/mol. The molecule has 1 fully saturated rings. The highest BCUT2D eigenvalue weighted by Gasteiger charge is 2.33. The number of esters is 1. The molecule has 2 aromatic rings. The Morgan fingerprint density at radius 3 is 1.22 bits per heavy atom. The van der Waals surface area contributed by atoms with Gasteiger partial charge in [0.05, 0.1) is 84.3 Å². The van der Waals surface area contributed by atoms with Crippen LogP contribution >= 0.6 is 0 Å². The van der Waals surface area contributed by atoms with Crippen LogP contribution < -0.4 is 9.47 Å². The van der Waals surface area contributed by atoms with Gasteiger partial charge >= 0.3 is 11.9 Å². The van der Waals surface area contributed by atoms with Crippen molar-refractivity contribution in [1.82, 2.24) is 5.06 Å². The number of hydrogen-bond donors (Lipinski definition) is 0. The third kappa shape index (κ3) is 13.6. The minimum Gasteiger partial charge on any atom is -0.491 e. The second kappa shape index (κ2) is 20.8. The number of ether oxygens (including phenoxy) is 8. The van der Waals surface area contributed by atoms with Crippen molar-refractivity contribution < 1.29 is 61.9 Å². The molecule has 0 saturated carbocycles. The van der Waals surface area contributed by atoms with Crippen molar-refractivity contribution in [2.24, 2.45) is 0 Å². The monoisotopic (exact) mass is 633 g/mol.